The summed E-state index contributed by atoms with van der Waals surface area (Å²) in [4.78, 5) is 15.3. The monoisotopic (exact) mass is 423 g/mol. The van der Waals surface area contributed by atoms with E-state index in [4.69, 9.17) is 4.74 Å². The SMILES string of the molecule is Cc1cc(N2CCOCC2)nc(NCCNS(=O)(=O)c2cn(C)c(C(C)C)n2)n1. The Hall–Kier alpha value is -2.24. The second kappa shape index (κ2) is 9.06. The molecule has 1 aliphatic heterocycles. The van der Waals surface area contributed by atoms with E-state index >= 15 is 0 Å². The summed E-state index contributed by atoms with van der Waals surface area (Å²) in [5.74, 6) is 2.20. The van der Waals surface area contributed by atoms with Crippen molar-refractivity contribution in [2.45, 2.75) is 31.7 Å². The molecule has 29 heavy (non-hydrogen) atoms. The van der Waals surface area contributed by atoms with Crippen LogP contribution in [0.1, 0.15) is 31.3 Å². The lowest BCUT2D eigenvalue weighted by Crippen LogP contribution is -2.37. The number of anilines is 2. The second-order valence-electron chi connectivity index (χ2n) is 7.32. The third-order valence-corrected chi connectivity index (χ3v) is 5.89. The molecule has 2 aromatic heterocycles. The maximum absolute atomic E-state index is 12.5. The van der Waals surface area contributed by atoms with Gasteiger partial charge in [-0.05, 0) is 6.92 Å². The van der Waals surface area contributed by atoms with E-state index in [-0.39, 0.29) is 17.5 Å². The van der Waals surface area contributed by atoms with E-state index in [2.05, 4.69) is 29.9 Å². The molecule has 1 aliphatic rings. The van der Waals surface area contributed by atoms with Crippen LogP contribution in [-0.4, -0.2) is 67.3 Å². The summed E-state index contributed by atoms with van der Waals surface area (Å²) in [5, 5.41) is 3.12. The van der Waals surface area contributed by atoms with Gasteiger partial charge in [0.25, 0.3) is 10.0 Å². The zero-order valence-corrected chi connectivity index (χ0v) is 18.2. The topological polar surface area (TPSA) is 114 Å². The molecule has 2 N–H and O–H groups in total. The van der Waals surface area contributed by atoms with Crippen LogP contribution in [0.5, 0.6) is 0 Å². The van der Waals surface area contributed by atoms with Crippen molar-refractivity contribution in [1.82, 2.24) is 24.2 Å². The van der Waals surface area contributed by atoms with Crippen LogP contribution in [0.4, 0.5) is 11.8 Å². The summed E-state index contributed by atoms with van der Waals surface area (Å²) in [7, 11) is -1.87. The van der Waals surface area contributed by atoms with Gasteiger partial charge in [0.05, 0.1) is 13.2 Å². The highest BCUT2D eigenvalue weighted by Gasteiger charge is 2.20. The second-order valence-corrected chi connectivity index (χ2v) is 9.03. The molecule has 160 valence electrons. The lowest BCUT2D eigenvalue weighted by atomic mass is 10.2. The highest BCUT2D eigenvalue weighted by Crippen LogP contribution is 2.17. The molecule has 3 heterocycles. The zero-order chi connectivity index (χ0) is 21.0. The van der Waals surface area contributed by atoms with Crippen LogP contribution in [0.3, 0.4) is 0 Å². The standard InChI is InChI=1S/C18H29N7O3S/c1-13(2)17-23-16(12-24(17)4)29(26,27)20-6-5-19-18-21-14(3)11-15(22-18)25-7-9-28-10-8-25/h11-13,20H,5-10H2,1-4H3,(H,19,21,22). The molecule has 0 unspecified atom stereocenters. The first-order chi connectivity index (χ1) is 13.8. The Bertz CT molecular complexity index is 937. The number of nitrogens with zero attached hydrogens (tertiary/aromatic N) is 5. The van der Waals surface area contributed by atoms with E-state index in [1.54, 1.807) is 11.6 Å². The van der Waals surface area contributed by atoms with Crippen LogP contribution < -0.4 is 14.9 Å². The summed E-state index contributed by atoms with van der Waals surface area (Å²) >= 11 is 0. The minimum atomic E-state index is -3.67. The molecule has 10 nitrogen and oxygen atoms in total. The first-order valence-electron chi connectivity index (χ1n) is 9.71. The Balaban J connectivity index is 1.57. The molecule has 0 bridgehead atoms. The Kier molecular flexibility index (Phi) is 6.70. The van der Waals surface area contributed by atoms with Crippen LogP contribution >= 0.6 is 0 Å². The summed E-state index contributed by atoms with van der Waals surface area (Å²) in [5.41, 5.74) is 0.847. The predicted molar refractivity (Wildman–Crippen MR) is 111 cm³/mol. The maximum Gasteiger partial charge on any atom is 0.259 e. The third kappa shape index (κ3) is 5.43. The van der Waals surface area contributed by atoms with Crippen molar-refractivity contribution in [3.63, 3.8) is 0 Å². The number of hydrogen-bond acceptors (Lipinski definition) is 8. The van der Waals surface area contributed by atoms with Gasteiger partial charge in [0.15, 0.2) is 5.03 Å². The summed E-state index contributed by atoms with van der Waals surface area (Å²) < 4.78 is 34.7. The smallest absolute Gasteiger partial charge is 0.259 e. The highest BCUT2D eigenvalue weighted by atomic mass is 32.2. The van der Waals surface area contributed by atoms with Crippen molar-refractivity contribution in [2.24, 2.45) is 7.05 Å². The molecule has 11 heteroatoms. The molecule has 0 atom stereocenters. The molecule has 0 spiro atoms. The van der Waals surface area contributed by atoms with Crippen molar-refractivity contribution < 1.29 is 13.2 Å². The quantitative estimate of drug-likeness (QED) is 0.601. The Morgan fingerprint density at radius 3 is 2.55 bits per heavy atom. The van der Waals surface area contributed by atoms with Crippen LogP contribution in [0.15, 0.2) is 17.3 Å². The Morgan fingerprint density at radius 2 is 1.90 bits per heavy atom. The minimum absolute atomic E-state index is 0.0325. The van der Waals surface area contributed by atoms with Gasteiger partial charge in [-0.3, -0.25) is 0 Å². The molecular weight excluding hydrogens is 394 g/mol. The Labute approximate surface area is 171 Å². The van der Waals surface area contributed by atoms with E-state index in [0.29, 0.717) is 25.7 Å². The number of nitrogens with one attached hydrogen (secondary N) is 2. The fourth-order valence-corrected chi connectivity index (χ4v) is 4.17. The molecule has 0 amide bonds. The maximum atomic E-state index is 12.5. The molecule has 1 saturated heterocycles. The van der Waals surface area contributed by atoms with Crippen LogP contribution in [0.25, 0.3) is 0 Å². The van der Waals surface area contributed by atoms with Crippen molar-refractivity contribution in [3.05, 3.63) is 23.8 Å². The van der Waals surface area contributed by atoms with Crippen molar-refractivity contribution in [1.29, 1.82) is 0 Å². The molecular formula is C18H29N7O3S. The lowest BCUT2D eigenvalue weighted by Gasteiger charge is -2.28. The van der Waals surface area contributed by atoms with Gasteiger partial charge in [-0.1, -0.05) is 13.8 Å². The normalized spacial score (nSPS) is 15.1. The first kappa shape index (κ1) is 21.5. The molecule has 0 radical (unpaired) electrons. The van der Waals surface area contributed by atoms with Crippen molar-refractivity contribution in [3.8, 4) is 0 Å². The Morgan fingerprint density at radius 1 is 1.17 bits per heavy atom. The van der Waals surface area contributed by atoms with Crippen LogP contribution in [0.2, 0.25) is 0 Å². The number of aryl methyl sites for hydroxylation is 2. The number of imidazole rings is 1. The fraction of sp³-hybridized carbons (Fsp3) is 0.611. The number of sulfonamides is 1. The van der Waals surface area contributed by atoms with E-state index in [0.717, 1.165) is 30.4 Å². The molecule has 0 aliphatic carbocycles. The van der Waals surface area contributed by atoms with Gasteiger partial charge < -0.3 is 19.5 Å². The average molecular weight is 424 g/mol. The largest absolute Gasteiger partial charge is 0.378 e. The van der Waals surface area contributed by atoms with Crippen molar-refractivity contribution >= 4 is 21.8 Å². The van der Waals surface area contributed by atoms with Gasteiger partial charge in [-0.15, -0.1) is 0 Å². The van der Waals surface area contributed by atoms with E-state index < -0.39 is 10.0 Å². The van der Waals surface area contributed by atoms with Gasteiger partial charge in [0.2, 0.25) is 5.95 Å². The van der Waals surface area contributed by atoms with Crippen LogP contribution in [-0.2, 0) is 21.8 Å². The van der Waals surface area contributed by atoms with Gasteiger partial charge in [-0.2, -0.15) is 4.98 Å². The van der Waals surface area contributed by atoms with Crippen molar-refractivity contribution in [2.75, 3.05) is 49.6 Å². The summed E-state index contributed by atoms with van der Waals surface area (Å²) in [6.07, 6.45) is 1.53. The number of morpholine rings is 1. The number of aromatic nitrogens is 4. The van der Waals surface area contributed by atoms with E-state index in [1.807, 2.05) is 26.8 Å². The van der Waals surface area contributed by atoms with E-state index in [1.165, 1.54) is 6.20 Å². The minimum Gasteiger partial charge on any atom is -0.378 e. The molecule has 0 saturated carbocycles. The third-order valence-electron chi connectivity index (χ3n) is 4.56. The predicted octanol–water partition coefficient (Wildman–Crippen LogP) is 0.869. The number of rotatable bonds is 8. The number of ether oxygens (including phenoxy) is 1. The zero-order valence-electron chi connectivity index (χ0n) is 17.3. The highest BCUT2D eigenvalue weighted by molar-refractivity contribution is 7.89. The van der Waals surface area contributed by atoms with Gasteiger partial charge in [-0.25, -0.2) is 23.1 Å². The van der Waals surface area contributed by atoms with Gasteiger partial charge in [0, 0.05) is 57.1 Å². The summed E-state index contributed by atoms with van der Waals surface area (Å²) in [6, 6.07) is 1.94. The van der Waals surface area contributed by atoms with Gasteiger partial charge >= 0.3 is 0 Å². The first-order valence-corrected chi connectivity index (χ1v) is 11.2. The fourth-order valence-electron chi connectivity index (χ4n) is 3.14. The molecule has 0 aromatic carbocycles. The van der Waals surface area contributed by atoms with Gasteiger partial charge in [0.1, 0.15) is 11.6 Å². The molecule has 3 rings (SSSR count). The molecule has 2 aromatic rings. The molecule has 1 fully saturated rings. The summed E-state index contributed by atoms with van der Waals surface area (Å²) in [6.45, 7) is 9.35. The van der Waals surface area contributed by atoms with E-state index in [9.17, 15) is 8.42 Å². The average Bonchev–Trinajstić information content (AvgIpc) is 3.09. The lowest BCUT2D eigenvalue weighted by molar-refractivity contribution is 0.122. The van der Waals surface area contributed by atoms with Crippen LogP contribution in [0, 0.1) is 6.92 Å². The number of hydrogen-bond donors (Lipinski definition) is 2.